The maximum atomic E-state index is 13.0. The Kier molecular flexibility index (Phi) is 7.10. The molecule has 3 rings (SSSR count). The second-order valence-electron chi connectivity index (χ2n) is 7.63. The van der Waals surface area contributed by atoms with Gasteiger partial charge in [-0.3, -0.25) is 4.79 Å². The van der Waals surface area contributed by atoms with Crippen LogP contribution in [-0.2, 0) is 14.8 Å². The van der Waals surface area contributed by atoms with Crippen LogP contribution in [0.5, 0.6) is 5.75 Å². The van der Waals surface area contributed by atoms with Crippen LogP contribution in [0.3, 0.4) is 0 Å². The molecule has 1 saturated heterocycles. The van der Waals surface area contributed by atoms with Gasteiger partial charge in [0.05, 0.1) is 4.90 Å². The van der Waals surface area contributed by atoms with Crippen LogP contribution in [-0.4, -0.2) is 55.3 Å². The summed E-state index contributed by atoms with van der Waals surface area (Å²) in [6.45, 7) is 1.57. The van der Waals surface area contributed by atoms with Crippen LogP contribution < -0.4 is 0 Å². The number of nitrogens with zero attached hydrogens (tertiary/aromatic N) is 2. The molecule has 1 fully saturated rings. The van der Waals surface area contributed by atoms with Gasteiger partial charge in [-0.05, 0) is 67.1 Å². The van der Waals surface area contributed by atoms with Crippen molar-refractivity contribution in [1.82, 2.24) is 9.21 Å². The second kappa shape index (κ2) is 9.57. The molecule has 0 atom stereocenters. The van der Waals surface area contributed by atoms with E-state index in [2.05, 4.69) is 0 Å². The lowest BCUT2D eigenvalue weighted by Gasteiger charge is -2.32. The molecule has 8 heteroatoms. The zero-order chi connectivity index (χ0) is 21.7. The molecule has 30 heavy (non-hydrogen) atoms. The molecule has 2 aromatic rings. The number of sulfonamides is 1. The Balaban J connectivity index is 1.44. The van der Waals surface area contributed by atoms with Gasteiger partial charge >= 0.3 is 0 Å². The highest BCUT2D eigenvalue weighted by molar-refractivity contribution is 7.89. The lowest BCUT2D eigenvalue weighted by Crippen LogP contribution is -2.38. The largest absolute Gasteiger partial charge is 0.508 e. The molecular weight excluding hydrogens is 407 g/mol. The minimum atomic E-state index is -3.70. The number of benzene rings is 2. The molecule has 0 aliphatic carbocycles. The van der Waals surface area contributed by atoms with Gasteiger partial charge in [0, 0.05) is 33.1 Å². The zero-order valence-corrected chi connectivity index (χ0v) is 17.8. The number of aromatic hydroxyl groups is 1. The summed E-state index contributed by atoms with van der Waals surface area (Å²) in [5.41, 5.74) is 1.17. The van der Waals surface area contributed by atoms with Crippen LogP contribution in [0, 0.1) is 5.82 Å². The van der Waals surface area contributed by atoms with E-state index in [1.807, 2.05) is 17.0 Å². The Hall–Kier alpha value is -2.45. The Morgan fingerprint density at radius 1 is 1.10 bits per heavy atom. The van der Waals surface area contributed by atoms with Crippen molar-refractivity contribution in [2.24, 2.45) is 0 Å². The maximum Gasteiger partial charge on any atom is 0.242 e. The fourth-order valence-corrected chi connectivity index (χ4v) is 4.94. The van der Waals surface area contributed by atoms with E-state index >= 15 is 0 Å². The molecule has 0 aromatic heterocycles. The van der Waals surface area contributed by atoms with Crippen LogP contribution in [0.2, 0.25) is 0 Å². The van der Waals surface area contributed by atoms with Crippen molar-refractivity contribution in [2.45, 2.75) is 36.5 Å². The highest BCUT2D eigenvalue weighted by atomic mass is 32.2. The molecule has 0 bridgehead atoms. The summed E-state index contributed by atoms with van der Waals surface area (Å²) in [5, 5.41) is 9.41. The van der Waals surface area contributed by atoms with Gasteiger partial charge in [0.2, 0.25) is 15.9 Å². The zero-order valence-electron chi connectivity index (χ0n) is 17.0. The molecule has 0 saturated carbocycles. The Bertz CT molecular complexity index is 954. The van der Waals surface area contributed by atoms with E-state index in [1.54, 1.807) is 12.1 Å². The number of piperidine rings is 1. The first-order valence-corrected chi connectivity index (χ1v) is 11.5. The molecule has 1 aliphatic rings. The summed E-state index contributed by atoms with van der Waals surface area (Å²) < 4.78 is 39.2. The fraction of sp³-hybridized carbons (Fsp3) is 0.409. The van der Waals surface area contributed by atoms with Gasteiger partial charge in [-0.1, -0.05) is 12.1 Å². The van der Waals surface area contributed by atoms with Gasteiger partial charge in [-0.2, -0.15) is 0 Å². The number of hydrogen-bond donors (Lipinski definition) is 1. The quantitative estimate of drug-likeness (QED) is 0.725. The third-order valence-corrected chi connectivity index (χ3v) is 7.47. The number of halogens is 1. The molecule has 6 nitrogen and oxygen atoms in total. The topological polar surface area (TPSA) is 77.9 Å². The molecule has 2 aromatic carbocycles. The summed E-state index contributed by atoms with van der Waals surface area (Å²) in [7, 11) is -2.23. The van der Waals surface area contributed by atoms with Crippen molar-refractivity contribution in [3.05, 3.63) is 59.9 Å². The van der Waals surface area contributed by atoms with Crippen LogP contribution in [0.1, 0.15) is 37.2 Å². The highest BCUT2D eigenvalue weighted by Crippen LogP contribution is 2.29. The first-order chi connectivity index (χ1) is 14.3. The predicted octanol–water partition coefficient (Wildman–Crippen LogP) is 3.34. The van der Waals surface area contributed by atoms with Gasteiger partial charge < -0.3 is 10.0 Å². The molecule has 162 valence electrons. The summed E-state index contributed by atoms with van der Waals surface area (Å²) >= 11 is 0. The minimum Gasteiger partial charge on any atom is -0.508 e. The highest BCUT2D eigenvalue weighted by Gasteiger charge is 2.25. The number of amides is 1. The number of carbonyl (C=O) groups excluding carboxylic acids is 1. The third kappa shape index (κ3) is 5.37. The summed E-state index contributed by atoms with van der Waals surface area (Å²) in [6.07, 6.45) is 2.45. The lowest BCUT2D eigenvalue weighted by molar-refractivity contribution is -0.132. The third-order valence-electron chi connectivity index (χ3n) is 5.60. The number of likely N-dealkylation sites (tertiary alicyclic amines) is 1. The summed E-state index contributed by atoms with van der Waals surface area (Å²) in [5.74, 6) is 0.169. The van der Waals surface area contributed by atoms with Gasteiger partial charge in [-0.15, -0.1) is 0 Å². The van der Waals surface area contributed by atoms with Crippen molar-refractivity contribution < 1.29 is 22.7 Å². The van der Waals surface area contributed by atoms with Crippen molar-refractivity contribution in [3.8, 4) is 5.75 Å². The number of phenolic OH excluding ortho intramolecular Hbond substituents is 1. The SMILES string of the molecule is CN(CCCC(=O)N1CCC(c2ccc(O)cc2)CC1)S(=O)(=O)c1ccc(F)cc1. The monoisotopic (exact) mass is 434 g/mol. The number of carbonyl (C=O) groups is 1. The first kappa shape index (κ1) is 22.2. The molecule has 0 radical (unpaired) electrons. The van der Waals surface area contributed by atoms with E-state index in [4.69, 9.17) is 0 Å². The van der Waals surface area contributed by atoms with E-state index in [0.29, 0.717) is 25.4 Å². The predicted molar refractivity (Wildman–Crippen MR) is 112 cm³/mol. The Morgan fingerprint density at radius 2 is 1.70 bits per heavy atom. The van der Waals surface area contributed by atoms with Gasteiger partial charge in [-0.25, -0.2) is 17.1 Å². The van der Waals surface area contributed by atoms with Crippen molar-refractivity contribution >= 4 is 15.9 Å². The molecule has 1 N–H and O–H groups in total. The van der Waals surface area contributed by atoms with E-state index in [1.165, 1.54) is 29.0 Å². The number of phenols is 1. The fourth-order valence-electron chi connectivity index (χ4n) is 3.73. The van der Waals surface area contributed by atoms with Gasteiger partial charge in [0.25, 0.3) is 0 Å². The van der Waals surface area contributed by atoms with Crippen LogP contribution in [0.15, 0.2) is 53.4 Å². The molecule has 1 amide bonds. The van der Waals surface area contributed by atoms with E-state index in [-0.39, 0.29) is 29.5 Å². The molecule has 1 heterocycles. The Morgan fingerprint density at radius 3 is 2.30 bits per heavy atom. The Labute approximate surface area is 177 Å². The van der Waals surface area contributed by atoms with E-state index < -0.39 is 15.8 Å². The van der Waals surface area contributed by atoms with Crippen LogP contribution in [0.25, 0.3) is 0 Å². The summed E-state index contributed by atoms with van der Waals surface area (Å²) in [6, 6.07) is 11.9. The van der Waals surface area contributed by atoms with Gasteiger partial charge in [0.1, 0.15) is 11.6 Å². The van der Waals surface area contributed by atoms with Crippen molar-refractivity contribution in [2.75, 3.05) is 26.7 Å². The molecule has 1 aliphatic heterocycles. The smallest absolute Gasteiger partial charge is 0.242 e. The van der Waals surface area contributed by atoms with E-state index in [9.17, 15) is 22.7 Å². The average Bonchev–Trinajstić information content (AvgIpc) is 2.74. The van der Waals surface area contributed by atoms with Gasteiger partial charge in [0.15, 0.2) is 0 Å². The van der Waals surface area contributed by atoms with Crippen molar-refractivity contribution in [1.29, 1.82) is 0 Å². The second-order valence-corrected chi connectivity index (χ2v) is 9.68. The lowest BCUT2D eigenvalue weighted by atomic mass is 9.89. The van der Waals surface area contributed by atoms with Crippen LogP contribution in [0.4, 0.5) is 4.39 Å². The molecule has 0 unspecified atom stereocenters. The maximum absolute atomic E-state index is 13.0. The summed E-state index contributed by atoms with van der Waals surface area (Å²) in [4.78, 5) is 14.4. The van der Waals surface area contributed by atoms with Crippen molar-refractivity contribution in [3.63, 3.8) is 0 Å². The average molecular weight is 435 g/mol. The standard InChI is InChI=1S/C22H27FN2O4S/c1-24(30(28,29)21-10-6-19(23)7-11-21)14-2-3-22(27)25-15-12-18(13-16-25)17-4-8-20(26)9-5-17/h4-11,18,26H,2-3,12-16H2,1H3. The molecular formula is C22H27FN2O4S. The minimum absolute atomic E-state index is 0.0340. The first-order valence-electron chi connectivity index (χ1n) is 10.1. The van der Waals surface area contributed by atoms with E-state index in [0.717, 1.165) is 25.0 Å². The van der Waals surface area contributed by atoms with Crippen LogP contribution >= 0.6 is 0 Å². The number of rotatable bonds is 7. The molecule has 0 spiro atoms. The number of hydrogen-bond acceptors (Lipinski definition) is 4. The normalized spacial score (nSPS) is 15.5.